The molecule has 0 unspecified atom stereocenters. The summed E-state index contributed by atoms with van der Waals surface area (Å²) in [5.74, 6) is 0. The zero-order valence-corrected chi connectivity index (χ0v) is 19.8. The van der Waals surface area contributed by atoms with Crippen molar-refractivity contribution in [2.45, 2.75) is 52.6 Å². The molecule has 166 valence electrons. The summed E-state index contributed by atoms with van der Waals surface area (Å²) >= 11 is 0. The molecule has 30 heavy (non-hydrogen) atoms. The van der Waals surface area contributed by atoms with Crippen LogP contribution in [0.25, 0.3) is 11.4 Å². The van der Waals surface area contributed by atoms with Gasteiger partial charge in [-0.3, -0.25) is 0 Å². The molecule has 8 nitrogen and oxygen atoms in total. The van der Waals surface area contributed by atoms with Crippen LogP contribution >= 0.6 is 15.9 Å². The number of aromatic nitrogens is 2. The first-order valence-electron chi connectivity index (χ1n) is 10.3. The minimum atomic E-state index is -2.62. The third-order valence-corrected chi connectivity index (χ3v) is 10.8. The summed E-state index contributed by atoms with van der Waals surface area (Å²) in [7, 11) is -5.24. The molecule has 0 aliphatic carbocycles. The predicted molar refractivity (Wildman–Crippen MR) is 118 cm³/mol. The van der Waals surface area contributed by atoms with Gasteiger partial charge >= 0.3 is 178 Å². The average molecular weight is 456 g/mol. The fourth-order valence-electron chi connectivity index (χ4n) is 3.82. The maximum atomic E-state index is 5.86. The van der Waals surface area contributed by atoms with E-state index in [0.29, 0.717) is 25.5 Å². The first-order chi connectivity index (χ1) is 14.4. The van der Waals surface area contributed by atoms with Gasteiger partial charge in [-0.25, -0.2) is 0 Å². The van der Waals surface area contributed by atoms with Crippen LogP contribution in [-0.2, 0) is 39.5 Å². The summed E-state index contributed by atoms with van der Waals surface area (Å²) in [6, 6.07) is 7.96. The molecule has 4 rings (SSSR count). The molecule has 2 aliphatic heterocycles. The van der Waals surface area contributed by atoms with Crippen molar-refractivity contribution < 1.29 is 27.1 Å². The van der Waals surface area contributed by atoms with Gasteiger partial charge < -0.3 is 0 Å². The van der Waals surface area contributed by atoms with Crippen molar-refractivity contribution in [3.63, 3.8) is 0 Å². The van der Waals surface area contributed by atoms with E-state index in [1.165, 1.54) is 0 Å². The fraction of sp³-hybridized carbons (Fsp3) is 0.500. The molecule has 2 aliphatic rings. The fourth-order valence-corrected chi connectivity index (χ4v) is 9.01. The van der Waals surface area contributed by atoms with Crippen LogP contribution in [0.5, 0.6) is 0 Å². The molecule has 2 aromatic heterocycles. The Balaban J connectivity index is 1.51. The minimum absolute atomic E-state index is 0.205. The van der Waals surface area contributed by atoms with E-state index in [-0.39, 0.29) is 12.6 Å². The molecule has 2 aromatic rings. The average Bonchev–Trinajstić information content (AvgIpc) is 2.67. The Morgan fingerprint density at radius 2 is 1.17 bits per heavy atom. The molecule has 0 radical (unpaired) electrons. The summed E-state index contributed by atoms with van der Waals surface area (Å²) in [5, 5.41) is 0. The van der Waals surface area contributed by atoms with Crippen molar-refractivity contribution >= 4 is 15.9 Å². The van der Waals surface area contributed by atoms with Gasteiger partial charge in [0, 0.05) is 0 Å². The van der Waals surface area contributed by atoms with Gasteiger partial charge in [-0.05, 0) is 0 Å². The van der Waals surface area contributed by atoms with Crippen molar-refractivity contribution in [2.75, 3.05) is 13.2 Å². The van der Waals surface area contributed by atoms with Crippen molar-refractivity contribution in [1.82, 2.24) is 9.97 Å². The molecule has 2 fully saturated rings. The van der Waals surface area contributed by atoms with Gasteiger partial charge in [-0.1, -0.05) is 0 Å². The Kier molecular flexibility index (Phi) is 6.78. The van der Waals surface area contributed by atoms with Crippen LogP contribution in [0.15, 0.2) is 36.7 Å². The van der Waals surface area contributed by atoms with Crippen molar-refractivity contribution in [3.8, 4) is 11.4 Å². The van der Waals surface area contributed by atoms with Gasteiger partial charge in [0.15, 0.2) is 0 Å². The number of pyridine rings is 2. The Bertz CT molecular complexity index is 791. The molecule has 4 heterocycles. The molecular formula is C20H30N2O6P2. The molecule has 0 spiro atoms. The normalized spacial score (nSPS) is 26.3. The quantitative estimate of drug-likeness (QED) is 0.488. The van der Waals surface area contributed by atoms with E-state index in [1.54, 1.807) is 12.4 Å². The van der Waals surface area contributed by atoms with Crippen LogP contribution in [0, 0.1) is 0 Å². The van der Waals surface area contributed by atoms with Crippen LogP contribution in [0.3, 0.4) is 0 Å². The second-order valence-electron chi connectivity index (χ2n) is 7.29. The number of hydrogen-bond acceptors (Lipinski definition) is 8. The Morgan fingerprint density at radius 3 is 1.50 bits per heavy atom. The van der Waals surface area contributed by atoms with E-state index in [2.05, 4.69) is 9.97 Å². The summed E-state index contributed by atoms with van der Waals surface area (Å²) < 4.78 is 35.1. The molecule has 0 bridgehead atoms. The monoisotopic (exact) mass is 456 g/mol. The number of rotatable bonds is 9. The predicted octanol–water partition coefficient (Wildman–Crippen LogP) is 4.99. The van der Waals surface area contributed by atoms with Gasteiger partial charge in [0.1, 0.15) is 0 Å². The zero-order valence-electron chi connectivity index (χ0n) is 17.8. The van der Waals surface area contributed by atoms with Crippen LogP contribution in [0.4, 0.5) is 0 Å². The Hall–Kier alpha value is -1.08. The van der Waals surface area contributed by atoms with Gasteiger partial charge in [0.2, 0.25) is 0 Å². The van der Waals surface area contributed by atoms with Gasteiger partial charge in [-0.2, -0.15) is 0 Å². The maximum absolute atomic E-state index is 5.86. The summed E-state index contributed by atoms with van der Waals surface area (Å²) in [6.45, 7) is 8.79. The van der Waals surface area contributed by atoms with Crippen LogP contribution < -0.4 is 0 Å². The van der Waals surface area contributed by atoms with E-state index in [0.717, 1.165) is 22.5 Å². The molecular weight excluding hydrogens is 426 g/mol. The van der Waals surface area contributed by atoms with E-state index in [9.17, 15) is 0 Å². The van der Waals surface area contributed by atoms with Crippen LogP contribution in [-0.4, -0.2) is 35.8 Å². The summed E-state index contributed by atoms with van der Waals surface area (Å²) in [4.78, 5) is 9.03. The second kappa shape index (κ2) is 9.19. The Morgan fingerprint density at radius 1 is 0.767 bits per heavy atom. The topological polar surface area (TPSA) is 81.2 Å². The molecule has 0 atom stereocenters. The van der Waals surface area contributed by atoms with Crippen molar-refractivity contribution in [1.29, 1.82) is 0 Å². The Labute approximate surface area is 178 Å². The molecule has 0 saturated carbocycles. The zero-order chi connectivity index (χ0) is 21.2. The van der Waals surface area contributed by atoms with E-state index in [1.807, 2.05) is 52.0 Å². The van der Waals surface area contributed by atoms with Gasteiger partial charge in [0.05, 0.1) is 0 Å². The van der Waals surface area contributed by atoms with Crippen molar-refractivity contribution in [3.05, 3.63) is 47.8 Å². The molecule has 2 saturated heterocycles. The number of nitrogens with zero attached hydrogens (tertiary/aromatic N) is 2. The van der Waals surface area contributed by atoms with E-state index >= 15 is 0 Å². The van der Waals surface area contributed by atoms with E-state index < -0.39 is 15.9 Å². The molecule has 0 aromatic carbocycles. The van der Waals surface area contributed by atoms with E-state index in [4.69, 9.17) is 27.1 Å². The first-order valence-corrected chi connectivity index (χ1v) is 14.2. The van der Waals surface area contributed by atoms with Crippen molar-refractivity contribution in [2.24, 2.45) is 0 Å². The third-order valence-electron chi connectivity index (χ3n) is 4.86. The third kappa shape index (κ3) is 4.87. The summed E-state index contributed by atoms with van der Waals surface area (Å²) in [5.41, 5.74) is 3.69. The summed E-state index contributed by atoms with van der Waals surface area (Å²) in [6.07, 6.45) is 4.38. The van der Waals surface area contributed by atoms with Gasteiger partial charge in [-0.15, -0.1) is 0 Å². The molecule has 0 amide bonds. The standard InChI is InChI=1S/C20H30N2O6P2/c1-5-23-29(25-15(3)26-29)13-17-7-9-21-19(11-17)20-12-18(8-10-22-20)14-30(24-6-2)27-16(4)28-30/h7-12,15-16,29-30H,5-6,13-14H2,1-4H3. The number of hydrogen-bond donors (Lipinski definition) is 0. The molecule has 0 N–H and O–H groups in total. The van der Waals surface area contributed by atoms with Gasteiger partial charge in [0.25, 0.3) is 0 Å². The van der Waals surface area contributed by atoms with Crippen LogP contribution in [0.1, 0.15) is 38.8 Å². The second-order valence-corrected chi connectivity index (χ2v) is 12.3. The molecule has 10 heteroatoms. The SMILES string of the molecule is CCO[PH]1(Cc2ccnc(-c3cc(C[PH]4(OCC)OC(C)O4)ccn3)c2)OC(C)O1. The van der Waals surface area contributed by atoms with Crippen LogP contribution in [0.2, 0.25) is 0 Å². The first kappa shape index (κ1) is 22.1.